The molecule has 1 N–H and O–H groups in total. The summed E-state index contributed by atoms with van der Waals surface area (Å²) in [4.78, 5) is 24.7. The van der Waals surface area contributed by atoms with Gasteiger partial charge in [0.1, 0.15) is 0 Å². The predicted molar refractivity (Wildman–Crippen MR) is 74.5 cm³/mol. The molecule has 19 heavy (non-hydrogen) atoms. The lowest BCUT2D eigenvalue weighted by atomic mass is 10.1. The molecule has 100 valence electrons. The van der Waals surface area contributed by atoms with E-state index in [1.807, 2.05) is 32.1 Å². The van der Waals surface area contributed by atoms with Gasteiger partial charge in [-0.2, -0.15) is 0 Å². The van der Waals surface area contributed by atoms with Crippen LogP contribution >= 0.6 is 0 Å². The molecule has 1 aromatic carbocycles. The lowest BCUT2D eigenvalue weighted by Gasteiger charge is -2.25. The molecule has 0 aliphatic carbocycles. The molecule has 0 spiro atoms. The Morgan fingerprint density at radius 2 is 2.16 bits per heavy atom. The minimum absolute atomic E-state index is 0.0977. The third kappa shape index (κ3) is 3.44. The van der Waals surface area contributed by atoms with E-state index in [0.29, 0.717) is 13.1 Å². The van der Waals surface area contributed by atoms with E-state index in [-0.39, 0.29) is 18.4 Å². The Labute approximate surface area is 113 Å². The van der Waals surface area contributed by atoms with Crippen LogP contribution in [-0.4, -0.2) is 36.3 Å². The van der Waals surface area contributed by atoms with E-state index in [9.17, 15) is 9.59 Å². The number of nitrogens with one attached hydrogen (secondary N) is 1. The molecule has 1 heterocycles. The molecule has 0 bridgehead atoms. The zero-order valence-electron chi connectivity index (χ0n) is 11.3. The molecule has 1 aliphatic heterocycles. The van der Waals surface area contributed by atoms with Crippen molar-refractivity contribution in [3.8, 4) is 0 Å². The standard InChI is InChI=1S/C15H18N2O2/c1-11-3-4-13(12(2)9-11)5-6-15(19)17-8-7-16-14(18)10-17/h3-6,9H,7-8,10H2,1-2H3,(H,16,18)/b6-5+. The Morgan fingerprint density at radius 1 is 1.37 bits per heavy atom. The van der Waals surface area contributed by atoms with Gasteiger partial charge in [0.25, 0.3) is 0 Å². The van der Waals surface area contributed by atoms with Crippen LogP contribution in [0.1, 0.15) is 16.7 Å². The molecule has 2 amide bonds. The molecule has 0 aromatic heterocycles. The van der Waals surface area contributed by atoms with Crippen molar-refractivity contribution in [1.29, 1.82) is 0 Å². The number of carbonyl (C=O) groups is 2. The number of hydrogen-bond acceptors (Lipinski definition) is 2. The molecule has 1 fully saturated rings. The smallest absolute Gasteiger partial charge is 0.247 e. The van der Waals surface area contributed by atoms with Crippen LogP contribution in [0, 0.1) is 13.8 Å². The number of nitrogens with zero attached hydrogens (tertiary/aromatic N) is 1. The van der Waals surface area contributed by atoms with Gasteiger partial charge in [0, 0.05) is 19.2 Å². The van der Waals surface area contributed by atoms with E-state index in [2.05, 4.69) is 11.4 Å². The van der Waals surface area contributed by atoms with E-state index in [4.69, 9.17) is 0 Å². The third-order valence-corrected chi connectivity index (χ3v) is 3.18. The minimum atomic E-state index is -0.116. The molecule has 0 unspecified atom stereocenters. The third-order valence-electron chi connectivity index (χ3n) is 3.18. The zero-order valence-corrected chi connectivity index (χ0v) is 11.3. The van der Waals surface area contributed by atoms with Gasteiger partial charge in [0.15, 0.2) is 0 Å². The Balaban J connectivity index is 2.05. The highest BCUT2D eigenvalue weighted by molar-refractivity contribution is 5.95. The summed E-state index contributed by atoms with van der Waals surface area (Å²) in [6.45, 7) is 5.31. The lowest BCUT2D eigenvalue weighted by molar-refractivity contribution is -0.134. The first-order chi connectivity index (χ1) is 9.06. The monoisotopic (exact) mass is 258 g/mol. The summed E-state index contributed by atoms with van der Waals surface area (Å²) in [7, 11) is 0. The SMILES string of the molecule is Cc1ccc(/C=C/C(=O)N2CCNC(=O)C2)c(C)c1. The average Bonchev–Trinajstić information content (AvgIpc) is 2.37. The number of hydrogen-bond donors (Lipinski definition) is 1. The maximum atomic E-state index is 12.0. The summed E-state index contributed by atoms with van der Waals surface area (Å²) in [5, 5.41) is 2.70. The molecule has 0 radical (unpaired) electrons. The molecule has 4 heteroatoms. The molecule has 1 saturated heterocycles. The van der Waals surface area contributed by atoms with Crippen molar-refractivity contribution < 1.29 is 9.59 Å². The summed E-state index contributed by atoms with van der Waals surface area (Å²) in [6.07, 6.45) is 3.35. The second-order valence-corrected chi connectivity index (χ2v) is 4.80. The van der Waals surface area contributed by atoms with Crippen LogP contribution in [0.3, 0.4) is 0 Å². The molecule has 0 atom stereocenters. The number of aryl methyl sites for hydroxylation is 2. The van der Waals surface area contributed by atoms with E-state index < -0.39 is 0 Å². The Kier molecular flexibility index (Phi) is 4.00. The lowest BCUT2D eigenvalue weighted by Crippen LogP contribution is -2.49. The number of rotatable bonds is 2. The van der Waals surface area contributed by atoms with Crippen LogP contribution in [0.15, 0.2) is 24.3 Å². The first-order valence-electron chi connectivity index (χ1n) is 6.37. The number of benzene rings is 1. The first-order valence-corrected chi connectivity index (χ1v) is 6.37. The van der Waals surface area contributed by atoms with Crippen LogP contribution in [0.2, 0.25) is 0 Å². The van der Waals surface area contributed by atoms with Crippen molar-refractivity contribution in [2.75, 3.05) is 19.6 Å². The van der Waals surface area contributed by atoms with Gasteiger partial charge in [-0.05, 0) is 31.1 Å². The van der Waals surface area contributed by atoms with Gasteiger partial charge in [-0.25, -0.2) is 0 Å². The topological polar surface area (TPSA) is 49.4 Å². The first kappa shape index (κ1) is 13.3. The van der Waals surface area contributed by atoms with Crippen molar-refractivity contribution in [3.05, 3.63) is 41.0 Å². The van der Waals surface area contributed by atoms with Gasteiger partial charge in [-0.1, -0.05) is 23.8 Å². The van der Waals surface area contributed by atoms with Gasteiger partial charge in [-0.15, -0.1) is 0 Å². The Hall–Kier alpha value is -2.10. The highest BCUT2D eigenvalue weighted by Gasteiger charge is 2.18. The van der Waals surface area contributed by atoms with Crippen LogP contribution in [-0.2, 0) is 9.59 Å². The fourth-order valence-electron chi connectivity index (χ4n) is 2.11. The van der Waals surface area contributed by atoms with Crippen molar-refractivity contribution >= 4 is 17.9 Å². The summed E-state index contributed by atoms with van der Waals surface area (Å²) in [5.41, 5.74) is 3.37. The van der Waals surface area contributed by atoms with Crippen molar-refractivity contribution in [2.45, 2.75) is 13.8 Å². The molecule has 1 aliphatic rings. The molecular weight excluding hydrogens is 240 g/mol. The van der Waals surface area contributed by atoms with Gasteiger partial charge >= 0.3 is 0 Å². The van der Waals surface area contributed by atoms with Crippen molar-refractivity contribution in [3.63, 3.8) is 0 Å². The van der Waals surface area contributed by atoms with Crippen LogP contribution in [0.4, 0.5) is 0 Å². The summed E-state index contributed by atoms with van der Waals surface area (Å²) in [5.74, 6) is -0.214. The number of carbonyl (C=O) groups excluding carboxylic acids is 2. The van der Waals surface area contributed by atoms with Gasteiger partial charge < -0.3 is 10.2 Å². The summed E-state index contributed by atoms with van der Waals surface area (Å²) in [6, 6.07) is 6.10. The fourth-order valence-corrected chi connectivity index (χ4v) is 2.11. The molecule has 0 saturated carbocycles. The van der Waals surface area contributed by atoms with Crippen LogP contribution in [0.5, 0.6) is 0 Å². The van der Waals surface area contributed by atoms with Crippen molar-refractivity contribution in [2.24, 2.45) is 0 Å². The van der Waals surface area contributed by atoms with E-state index in [0.717, 1.165) is 11.1 Å². The second kappa shape index (κ2) is 5.69. The number of amides is 2. The predicted octanol–water partition coefficient (Wildman–Crippen LogP) is 1.28. The average molecular weight is 258 g/mol. The largest absolute Gasteiger partial charge is 0.353 e. The van der Waals surface area contributed by atoms with Crippen molar-refractivity contribution in [1.82, 2.24) is 10.2 Å². The van der Waals surface area contributed by atoms with E-state index in [1.165, 1.54) is 11.6 Å². The highest BCUT2D eigenvalue weighted by atomic mass is 16.2. The van der Waals surface area contributed by atoms with E-state index >= 15 is 0 Å². The quantitative estimate of drug-likeness (QED) is 0.812. The highest BCUT2D eigenvalue weighted by Crippen LogP contribution is 2.12. The minimum Gasteiger partial charge on any atom is -0.353 e. The normalized spacial score (nSPS) is 15.7. The van der Waals surface area contributed by atoms with Crippen LogP contribution < -0.4 is 5.32 Å². The van der Waals surface area contributed by atoms with Gasteiger partial charge in [0.05, 0.1) is 6.54 Å². The summed E-state index contributed by atoms with van der Waals surface area (Å²) < 4.78 is 0. The fraction of sp³-hybridized carbons (Fsp3) is 0.333. The molecular formula is C15H18N2O2. The summed E-state index contributed by atoms with van der Waals surface area (Å²) >= 11 is 0. The molecule has 4 nitrogen and oxygen atoms in total. The Morgan fingerprint density at radius 3 is 2.84 bits per heavy atom. The maximum Gasteiger partial charge on any atom is 0.247 e. The second-order valence-electron chi connectivity index (χ2n) is 4.80. The van der Waals surface area contributed by atoms with Gasteiger partial charge in [-0.3, -0.25) is 9.59 Å². The zero-order chi connectivity index (χ0) is 13.8. The van der Waals surface area contributed by atoms with Crippen LogP contribution in [0.25, 0.3) is 6.08 Å². The maximum absolute atomic E-state index is 12.0. The number of piperazine rings is 1. The van der Waals surface area contributed by atoms with E-state index in [1.54, 1.807) is 4.90 Å². The van der Waals surface area contributed by atoms with Gasteiger partial charge in [0.2, 0.25) is 11.8 Å². The molecule has 2 rings (SSSR count). The molecule has 1 aromatic rings. The Bertz CT molecular complexity index is 535.